The lowest BCUT2D eigenvalue weighted by molar-refractivity contribution is -0.146. The number of allylic oxidation sites excluding steroid dienone is 3. The molecule has 0 radical (unpaired) electrons. The Balaban J connectivity index is 4.67. The zero-order valence-corrected chi connectivity index (χ0v) is 25.4. The second-order valence-corrected chi connectivity index (χ2v) is 10.3. The molecule has 0 saturated heterocycles. The molecule has 0 aliphatic heterocycles. The molecule has 0 aromatic carbocycles. The maximum atomic E-state index is 12.2. The van der Waals surface area contributed by atoms with Crippen molar-refractivity contribution in [2.24, 2.45) is 0 Å². The van der Waals surface area contributed by atoms with E-state index in [0.717, 1.165) is 30.4 Å². The lowest BCUT2D eigenvalue weighted by Gasteiger charge is -2.19. The van der Waals surface area contributed by atoms with Crippen LogP contribution in [0, 0.1) is 11.8 Å². The van der Waals surface area contributed by atoms with Crippen LogP contribution in [0.15, 0.2) is 35.1 Å². The monoisotopic (exact) mass is 544 g/mol. The van der Waals surface area contributed by atoms with Gasteiger partial charge in [0.1, 0.15) is 6.10 Å². The molecule has 1 atom stereocenters. The van der Waals surface area contributed by atoms with E-state index in [1.807, 2.05) is 32.9 Å². The molecular weight excluding hydrogens is 492 g/mol. The van der Waals surface area contributed by atoms with Crippen LogP contribution in [0.4, 0.5) is 0 Å². The van der Waals surface area contributed by atoms with Crippen molar-refractivity contribution in [3.8, 4) is 11.8 Å². The van der Waals surface area contributed by atoms with Gasteiger partial charge in [-0.25, -0.2) is 0 Å². The number of hydrogen-bond donors (Lipinski definition) is 0. The van der Waals surface area contributed by atoms with Gasteiger partial charge >= 0.3 is 17.9 Å². The number of esters is 3. The van der Waals surface area contributed by atoms with Crippen LogP contribution in [0.2, 0.25) is 0 Å². The molecular formula is C33H52O6. The van der Waals surface area contributed by atoms with E-state index >= 15 is 0 Å². The van der Waals surface area contributed by atoms with Crippen LogP contribution >= 0.6 is 0 Å². The second-order valence-electron chi connectivity index (χ2n) is 10.3. The van der Waals surface area contributed by atoms with E-state index in [4.69, 9.17) is 14.2 Å². The number of carbonyl (C=O) groups is 3. The quantitative estimate of drug-likeness (QED) is 0.0504. The van der Waals surface area contributed by atoms with Crippen molar-refractivity contribution < 1.29 is 28.6 Å². The van der Waals surface area contributed by atoms with Crippen LogP contribution in [0.1, 0.15) is 131 Å². The van der Waals surface area contributed by atoms with Crippen molar-refractivity contribution in [3.63, 3.8) is 0 Å². The molecule has 0 aliphatic rings. The van der Waals surface area contributed by atoms with Gasteiger partial charge in [0, 0.05) is 38.7 Å². The van der Waals surface area contributed by atoms with Gasteiger partial charge in [-0.05, 0) is 38.8 Å². The predicted molar refractivity (Wildman–Crippen MR) is 158 cm³/mol. The fraction of sp³-hybridized carbons (Fsp3) is 0.667. The van der Waals surface area contributed by atoms with Crippen molar-refractivity contribution in [3.05, 3.63) is 35.1 Å². The summed E-state index contributed by atoms with van der Waals surface area (Å²) in [6.07, 6.45) is 18.8. The first kappa shape index (κ1) is 36.2. The van der Waals surface area contributed by atoms with Crippen molar-refractivity contribution in [1.82, 2.24) is 0 Å². The summed E-state index contributed by atoms with van der Waals surface area (Å²) in [5, 5.41) is 0. The zero-order chi connectivity index (χ0) is 29.3. The van der Waals surface area contributed by atoms with E-state index in [2.05, 4.69) is 18.8 Å². The van der Waals surface area contributed by atoms with Crippen LogP contribution in [0.25, 0.3) is 0 Å². The van der Waals surface area contributed by atoms with Gasteiger partial charge < -0.3 is 14.2 Å². The smallest absolute Gasteiger partial charge is 0.307 e. The molecule has 0 rings (SSSR count). The van der Waals surface area contributed by atoms with Crippen molar-refractivity contribution in [2.45, 2.75) is 138 Å². The molecule has 6 nitrogen and oxygen atoms in total. The fourth-order valence-electron chi connectivity index (χ4n) is 3.85. The third-order valence-electron chi connectivity index (χ3n) is 6.00. The minimum Gasteiger partial charge on any atom is -0.465 e. The number of carbonyl (C=O) groups excluding carboxylic acids is 3. The summed E-state index contributed by atoms with van der Waals surface area (Å²) in [7, 11) is 0. The Morgan fingerprint density at radius 1 is 0.769 bits per heavy atom. The number of ether oxygens (including phenoxy) is 3. The van der Waals surface area contributed by atoms with Gasteiger partial charge in [-0.15, -0.1) is 0 Å². The van der Waals surface area contributed by atoms with Crippen LogP contribution in [0.5, 0.6) is 0 Å². The van der Waals surface area contributed by atoms with Gasteiger partial charge in [0.05, 0.1) is 12.9 Å². The molecule has 0 saturated carbocycles. The average molecular weight is 545 g/mol. The number of unbranched alkanes of at least 4 members (excludes halogenated alkanes) is 10. The Labute approximate surface area is 237 Å². The van der Waals surface area contributed by atoms with Gasteiger partial charge in [-0.2, -0.15) is 0 Å². The summed E-state index contributed by atoms with van der Waals surface area (Å²) in [4.78, 5) is 35.4. The van der Waals surface area contributed by atoms with Crippen molar-refractivity contribution in [2.75, 3.05) is 6.61 Å². The highest BCUT2D eigenvalue weighted by Crippen LogP contribution is 2.18. The maximum absolute atomic E-state index is 12.2. The van der Waals surface area contributed by atoms with Gasteiger partial charge in [-0.3, -0.25) is 14.4 Å². The molecule has 0 bridgehead atoms. The summed E-state index contributed by atoms with van der Waals surface area (Å²) in [5.74, 6) is 4.83. The van der Waals surface area contributed by atoms with E-state index in [0.29, 0.717) is 18.4 Å². The molecule has 0 aromatic heterocycles. The summed E-state index contributed by atoms with van der Waals surface area (Å²) >= 11 is 0. The Morgan fingerprint density at radius 3 is 1.90 bits per heavy atom. The highest BCUT2D eigenvalue weighted by atomic mass is 16.6. The van der Waals surface area contributed by atoms with Gasteiger partial charge in [0.2, 0.25) is 0 Å². The Hall–Kier alpha value is -2.81. The number of rotatable bonds is 20. The van der Waals surface area contributed by atoms with E-state index in [-0.39, 0.29) is 19.0 Å². The highest BCUT2D eigenvalue weighted by Gasteiger charge is 2.18. The first-order valence-electron chi connectivity index (χ1n) is 14.7. The molecule has 0 aromatic rings. The molecule has 6 heteroatoms. The largest absolute Gasteiger partial charge is 0.465 e. The van der Waals surface area contributed by atoms with Crippen molar-refractivity contribution in [1.29, 1.82) is 0 Å². The van der Waals surface area contributed by atoms with E-state index < -0.39 is 18.0 Å². The molecule has 0 heterocycles. The van der Waals surface area contributed by atoms with Crippen LogP contribution in [-0.2, 0) is 28.6 Å². The highest BCUT2D eigenvalue weighted by molar-refractivity contribution is 5.69. The summed E-state index contributed by atoms with van der Waals surface area (Å²) < 4.78 is 16.0. The molecule has 0 spiro atoms. The first-order valence-corrected chi connectivity index (χ1v) is 14.7. The maximum Gasteiger partial charge on any atom is 0.307 e. The Bertz CT molecular complexity index is 864. The van der Waals surface area contributed by atoms with E-state index in [1.165, 1.54) is 71.5 Å². The van der Waals surface area contributed by atoms with Gasteiger partial charge in [0.15, 0.2) is 0 Å². The lowest BCUT2D eigenvalue weighted by atomic mass is 10.0. The van der Waals surface area contributed by atoms with Crippen molar-refractivity contribution >= 4 is 17.9 Å². The minimum atomic E-state index is -0.660. The molecule has 1 unspecified atom stereocenters. The summed E-state index contributed by atoms with van der Waals surface area (Å²) in [5.41, 5.74) is 2.50. The molecule has 0 aliphatic carbocycles. The van der Waals surface area contributed by atoms with E-state index in [1.54, 1.807) is 0 Å². The van der Waals surface area contributed by atoms with Crippen LogP contribution < -0.4 is 0 Å². The third-order valence-corrected chi connectivity index (χ3v) is 6.00. The summed E-state index contributed by atoms with van der Waals surface area (Å²) in [6.45, 7) is 10.8. The predicted octanol–water partition coefficient (Wildman–Crippen LogP) is 8.31. The van der Waals surface area contributed by atoms with Crippen LogP contribution in [0.3, 0.4) is 0 Å². The molecule has 0 fully saturated rings. The van der Waals surface area contributed by atoms with Gasteiger partial charge in [-0.1, -0.05) is 94.6 Å². The molecule has 39 heavy (non-hydrogen) atoms. The van der Waals surface area contributed by atoms with Crippen LogP contribution in [-0.4, -0.2) is 30.6 Å². The fourth-order valence-corrected chi connectivity index (χ4v) is 3.85. The standard InChI is InChI=1S/C33H52O6/c1-7-8-9-10-11-12-13-14-15-16-17-21-33(36)37-25-24-31(26-38-29(5)34)32(39-30(6)35)23-22-28(4)20-18-19-27(2)3/h19,22,26,32H,7-17,21,23-25H2,1-6H3/b28-22+,31-26-. The average Bonchev–Trinajstić information content (AvgIpc) is 2.86. The second kappa shape index (κ2) is 24.2. The van der Waals surface area contributed by atoms with E-state index in [9.17, 15) is 14.4 Å². The molecule has 0 N–H and O–H groups in total. The SMILES string of the molecule is CCCCCCCCCCCCCC(=O)OCC/C(=C/OC(C)=O)C(C/C=C(\C)C#CC=C(C)C)OC(C)=O. The lowest BCUT2D eigenvalue weighted by Crippen LogP contribution is -2.21. The third kappa shape index (κ3) is 24.0. The topological polar surface area (TPSA) is 78.9 Å². The minimum absolute atomic E-state index is 0.116. The van der Waals surface area contributed by atoms with Gasteiger partial charge in [0.25, 0.3) is 0 Å². The normalized spacial score (nSPS) is 12.2. The first-order chi connectivity index (χ1) is 18.6. The Morgan fingerprint density at radius 2 is 1.36 bits per heavy atom. The summed E-state index contributed by atoms with van der Waals surface area (Å²) in [6, 6.07) is 0. The number of hydrogen-bond acceptors (Lipinski definition) is 6. The zero-order valence-electron chi connectivity index (χ0n) is 25.4. The molecule has 0 amide bonds. The molecule has 220 valence electrons. The Kier molecular flexibility index (Phi) is 22.5.